The van der Waals surface area contributed by atoms with Gasteiger partial charge in [0.05, 0.1) is 24.5 Å². The van der Waals surface area contributed by atoms with Crippen LogP contribution in [0.3, 0.4) is 0 Å². The largest absolute Gasteiger partial charge is 0.393 e. The lowest BCUT2D eigenvalue weighted by Gasteiger charge is -2.24. The van der Waals surface area contributed by atoms with E-state index in [9.17, 15) is 5.11 Å². The van der Waals surface area contributed by atoms with Gasteiger partial charge in [-0.05, 0) is 25.7 Å². The third-order valence-corrected chi connectivity index (χ3v) is 2.38. The number of hydrogen-bond acceptors (Lipinski definition) is 3. The minimum Gasteiger partial charge on any atom is -0.393 e. The summed E-state index contributed by atoms with van der Waals surface area (Å²) in [5.41, 5.74) is 0. The smallest absolute Gasteiger partial charge is 0.0741 e. The molecule has 1 aromatic heterocycles. The van der Waals surface area contributed by atoms with Gasteiger partial charge >= 0.3 is 0 Å². The molecule has 0 aliphatic heterocycles. The Balaban J connectivity index is 2.04. The SMILES string of the molecule is OC1CCCC(n2nccn2)C1. The first-order chi connectivity index (χ1) is 5.86. The molecule has 1 aliphatic rings. The van der Waals surface area contributed by atoms with E-state index in [2.05, 4.69) is 10.2 Å². The van der Waals surface area contributed by atoms with Crippen LogP contribution in [0.15, 0.2) is 12.4 Å². The molecular formula is C8H13N3O. The molecule has 1 saturated carbocycles. The topological polar surface area (TPSA) is 50.9 Å². The molecule has 4 nitrogen and oxygen atoms in total. The Labute approximate surface area is 71.2 Å². The maximum absolute atomic E-state index is 9.41. The Morgan fingerprint density at radius 2 is 2.00 bits per heavy atom. The van der Waals surface area contributed by atoms with Gasteiger partial charge in [-0.15, -0.1) is 0 Å². The average Bonchev–Trinajstić information content (AvgIpc) is 2.56. The van der Waals surface area contributed by atoms with Crippen molar-refractivity contribution in [2.45, 2.75) is 37.8 Å². The van der Waals surface area contributed by atoms with E-state index in [1.54, 1.807) is 17.2 Å². The number of hydrogen-bond donors (Lipinski definition) is 1. The molecule has 0 amide bonds. The fourth-order valence-electron chi connectivity index (χ4n) is 1.76. The molecule has 0 saturated heterocycles. The fraction of sp³-hybridized carbons (Fsp3) is 0.750. The molecule has 12 heavy (non-hydrogen) atoms. The number of aromatic nitrogens is 3. The summed E-state index contributed by atoms with van der Waals surface area (Å²) >= 11 is 0. The van der Waals surface area contributed by atoms with E-state index < -0.39 is 0 Å². The average molecular weight is 167 g/mol. The van der Waals surface area contributed by atoms with E-state index in [1.165, 1.54) is 0 Å². The van der Waals surface area contributed by atoms with Crippen molar-refractivity contribution >= 4 is 0 Å². The highest BCUT2D eigenvalue weighted by Crippen LogP contribution is 2.26. The van der Waals surface area contributed by atoms with Crippen LogP contribution in [0.5, 0.6) is 0 Å². The van der Waals surface area contributed by atoms with Gasteiger partial charge in [0.15, 0.2) is 0 Å². The van der Waals surface area contributed by atoms with Crippen molar-refractivity contribution in [3.8, 4) is 0 Å². The second-order valence-corrected chi connectivity index (χ2v) is 3.32. The number of aliphatic hydroxyl groups excluding tert-OH is 1. The Bertz CT molecular complexity index is 234. The second-order valence-electron chi connectivity index (χ2n) is 3.32. The molecule has 0 aromatic carbocycles. The maximum Gasteiger partial charge on any atom is 0.0741 e. The van der Waals surface area contributed by atoms with E-state index in [1.807, 2.05) is 0 Å². The summed E-state index contributed by atoms with van der Waals surface area (Å²) in [6.07, 6.45) is 7.10. The van der Waals surface area contributed by atoms with Crippen LogP contribution in [0, 0.1) is 0 Å². The van der Waals surface area contributed by atoms with E-state index in [-0.39, 0.29) is 6.10 Å². The Hall–Kier alpha value is -0.900. The lowest BCUT2D eigenvalue weighted by atomic mass is 9.93. The molecule has 0 bridgehead atoms. The monoisotopic (exact) mass is 167 g/mol. The first kappa shape index (κ1) is 7.73. The molecule has 1 N–H and O–H groups in total. The molecule has 1 aliphatic carbocycles. The normalized spacial score (nSPS) is 30.4. The van der Waals surface area contributed by atoms with Crippen molar-refractivity contribution in [1.82, 2.24) is 15.0 Å². The summed E-state index contributed by atoms with van der Waals surface area (Å²) in [6.45, 7) is 0. The van der Waals surface area contributed by atoms with Gasteiger partial charge in [0, 0.05) is 0 Å². The Morgan fingerprint density at radius 1 is 1.25 bits per heavy atom. The van der Waals surface area contributed by atoms with Gasteiger partial charge in [-0.2, -0.15) is 15.0 Å². The quantitative estimate of drug-likeness (QED) is 0.671. The fourth-order valence-corrected chi connectivity index (χ4v) is 1.76. The standard InChI is InChI=1S/C8H13N3O/c12-8-3-1-2-7(6-8)11-9-4-5-10-11/h4-5,7-8,12H,1-3,6H2. The van der Waals surface area contributed by atoms with Gasteiger partial charge in [0.25, 0.3) is 0 Å². The van der Waals surface area contributed by atoms with Gasteiger partial charge in [-0.1, -0.05) is 0 Å². The third kappa shape index (κ3) is 1.48. The lowest BCUT2D eigenvalue weighted by molar-refractivity contribution is 0.0956. The van der Waals surface area contributed by atoms with Crippen molar-refractivity contribution in [1.29, 1.82) is 0 Å². The van der Waals surface area contributed by atoms with Crippen LogP contribution in [0.1, 0.15) is 31.7 Å². The van der Waals surface area contributed by atoms with Crippen LogP contribution in [-0.4, -0.2) is 26.2 Å². The predicted octanol–water partition coefficient (Wildman–Crippen LogP) is 0.754. The summed E-state index contributed by atoms with van der Waals surface area (Å²) in [5.74, 6) is 0. The van der Waals surface area contributed by atoms with Crippen molar-refractivity contribution < 1.29 is 5.11 Å². The van der Waals surface area contributed by atoms with Gasteiger partial charge < -0.3 is 5.11 Å². The summed E-state index contributed by atoms with van der Waals surface area (Å²) in [4.78, 5) is 1.71. The summed E-state index contributed by atoms with van der Waals surface area (Å²) in [6, 6.07) is 0.309. The molecule has 1 fully saturated rings. The highest BCUT2D eigenvalue weighted by Gasteiger charge is 2.22. The highest BCUT2D eigenvalue weighted by atomic mass is 16.3. The molecule has 4 heteroatoms. The molecule has 0 spiro atoms. The van der Waals surface area contributed by atoms with Crippen LogP contribution in [0.2, 0.25) is 0 Å². The minimum atomic E-state index is -0.158. The molecular weight excluding hydrogens is 154 g/mol. The first-order valence-electron chi connectivity index (χ1n) is 4.40. The summed E-state index contributed by atoms with van der Waals surface area (Å²) < 4.78 is 0. The highest BCUT2D eigenvalue weighted by molar-refractivity contribution is 4.75. The molecule has 66 valence electrons. The van der Waals surface area contributed by atoms with Crippen LogP contribution < -0.4 is 0 Å². The van der Waals surface area contributed by atoms with E-state index in [4.69, 9.17) is 0 Å². The van der Waals surface area contributed by atoms with Gasteiger partial charge in [0.1, 0.15) is 0 Å². The van der Waals surface area contributed by atoms with Crippen molar-refractivity contribution in [2.24, 2.45) is 0 Å². The van der Waals surface area contributed by atoms with Crippen LogP contribution in [-0.2, 0) is 0 Å². The van der Waals surface area contributed by atoms with Crippen LogP contribution in [0.4, 0.5) is 0 Å². The number of nitrogens with zero attached hydrogens (tertiary/aromatic N) is 3. The van der Waals surface area contributed by atoms with Crippen molar-refractivity contribution in [3.63, 3.8) is 0 Å². The zero-order valence-electron chi connectivity index (χ0n) is 6.93. The Morgan fingerprint density at radius 3 is 2.67 bits per heavy atom. The van der Waals surface area contributed by atoms with Crippen molar-refractivity contribution in [2.75, 3.05) is 0 Å². The number of rotatable bonds is 1. The van der Waals surface area contributed by atoms with Gasteiger partial charge in [-0.3, -0.25) is 0 Å². The second kappa shape index (κ2) is 3.23. The van der Waals surface area contributed by atoms with E-state index in [0.29, 0.717) is 6.04 Å². The van der Waals surface area contributed by atoms with E-state index >= 15 is 0 Å². The maximum atomic E-state index is 9.41. The number of aliphatic hydroxyl groups is 1. The first-order valence-corrected chi connectivity index (χ1v) is 4.40. The van der Waals surface area contributed by atoms with Crippen LogP contribution >= 0.6 is 0 Å². The summed E-state index contributed by atoms with van der Waals surface area (Å²) in [7, 11) is 0. The van der Waals surface area contributed by atoms with Gasteiger partial charge in [-0.25, -0.2) is 0 Å². The summed E-state index contributed by atoms with van der Waals surface area (Å²) in [5, 5.41) is 17.5. The zero-order chi connectivity index (χ0) is 8.39. The van der Waals surface area contributed by atoms with Gasteiger partial charge in [0.2, 0.25) is 0 Å². The molecule has 1 aromatic rings. The molecule has 2 rings (SSSR count). The molecule has 2 atom stereocenters. The van der Waals surface area contributed by atoms with Crippen molar-refractivity contribution in [3.05, 3.63) is 12.4 Å². The lowest BCUT2D eigenvalue weighted by Crippen LogP contribution is -2.23. The molecule has 1 heterocycles. The predicted molar refractivity (Wildman–Crippen MR) is 43.5 cm³/mol. The zero-order valence-corrected chi connectivity index (χ0v) is 6.93. The van der Waals surface area contributed by atoms with Crippen LogP contribution in [0.25, 0.3) is 0 Å². The molecule has 0 radical (unpaired) electrons. The Kier molecular flexibility index (Phi) is 2.08. The minimum absolute atomic E-state index is 0.158. The molecule has 2 unspecified atom stereocenters. The third-order valence-electron chi connectivity index (χ3n) is 2.38. The van der Waals surface area contributed by atoms with E-state index in [0.717, 1.165) is 25.7 Å².